The van der Waals surface area contributed by atoms with Crippen molar-refractivity contribution in [3.05, 3.63) is 48.5 Å². The van der Waals surface area contributed by atoms with Gasteiger partial charge < -0.3 is 14.5 Å². The molecule has 0 unspecified atom stereocenters. The van der Waals surface area contributed by atoms with Gasteiger partial charge in [0.15, 0.2) is 0 Å². The molecule has 0 aromatic carbocycles. The summed E-state index contributed by atoms with van der Waals surface area (Å²) in [6.07, 6.45) is 7.49. The van der Waals surface area contributed by atoms with Gasteiger partial charge in [-0.3, -0.25) is 9.78 Å². The number of aromatic nitrogens is 3. The van der Waals surface area contributed by atoms with E-state index < -0.39 is 0 Å². The van der Waals surface area contributed by atoms with Crippen molar-refractivity contribution in [2.45, 2.75) is 44.1 Å². The first-order chi connectivity index (χ1) is 12.7. The monoisotopic (exact) mass is 353 g/mol. The van der Waals surface area contributed by atoms with Crippen molar-refractivity contribution in [3.63, 3.8) is 0 Å². The summed E-state index contributed by atoms with van der Waals surface area (Å²) in [5.41, 5.74) is 0.880. The number of ether oxygens (including phenoxy) is 1. The minimum Gasteiger partial charge on any atom is -0.363 e. The lowest BCUT2D eigenvalue weighted by Gasteiger charge is -2.36. The van der Waals surface area contributed by atoms with Crippen LogP contribution in [0.5, 0.6) is 0 Å². The summed E-state index contributed by atoms with van der Waals surface area (Å²) in [6, 6.07) is 7.80. The molecule has 1 amide bonds. The number of amides is 1. The topological polar surface area (TPSA) is 71.5 Å². The van der Waals surface area contributed by atoms with Gasteiger partial charge >= 0.3 is 0 Å². The molecule has 2 aliphatic rings. The quantitative estimate of drug-likeness (QED) is 0.832. The molecule has 0 aliphatic carbocycles. The molecule has 7 nitrogen and oxygen atoms in total. The Bertz CT molecular complexity index is 742. The Morgan fingerprint density at radius 3 is 2.73 bits per heavy atom. The average molecular weight is 353 g/mol. The molecule has 2 aliphatic heterocycles. The summed E-state index contributed by atoms with van der Waals surface area (Å²) in [4.78, 5) is 29.7. The lowest BCUT2D eigenvalue weighted by molar-refractivity contribution is -0.151. The van der Waals surface area contributed by atoms with Gasteiger partial charge in [-0.05, 0) is 37.5 Å². The van der Waals surface area contributed by atoms with Crippen molar-refractivity contribution in [2.24, 2.45) is 0 Å². The van der Waals surface area contributed by atoms with E-state index in [0.29, 0.717) is 6.54 Å². The molecule has 3 atom stereocenters. The molecule has 2 aromatic heterocycles. The fourth-order valence-corrected chi connectivity index (χ4v) is 3.85. The molecule has 2 aromatic rings. The fourth-order valence-electron chi connectivity index (χ4n) is 3.85. The summed E-state index contributed by atoms with van der Waals surface area (Å²) in [5.74, 6) is 0.782. The second-order valence-electron chi connectivity index (χ2n) is 6.85. The molecular weight excluding hydrogens is 330 g/mol. The smallest absolute Gasteiger partial charge is 0.251 e. The molecule has 0 bridgehead atoms. The molecule has 7 heteroatoms. The summed E-state index contributed by atoms with van der Waals surface area (Å²) in [6.45, 7) is 1.36. The van der Waals surface area contributed by atoms with Crippen molar-refractivity contribution >= 4 is 11.9 Å². The zero-order valence-electron chi connectivity index (χ0n) is 14.9. The number of fused-ring (bicyclic) bond motifs is 1. The highest BCUT2D eigenvalue weighted by atomic mass is 16.5. The molecular formula is C19H23N5O2. The predicted octanol–water partition coefficient (Wildman–Crippen LogP) is 1.66. The highest BCUT2D eigenvalue weighted by molar-refractivity contribution is 5.80. The van der Waals surface area contributed by atoms with Crippen LogP contribution in [0.25, 0.3) is 0 Å². The predicted molar refractivity (Wildman–Crippen MR) is 96.4 cm³/mol. The number of pyridine rings is 1. The maximum absolute atomic E-state index is 12.8. The van der Waals surface area contributed by atoms with Crippen molar-refractivity contribution in [1.29, 1.82) is 0 Å². The van der Waals surface area contributed by atoms with Crippen molar-refractivity contribution < 1.29 is 9.53 Å². The van der Waals surface area contributed by atoms with E-state index in [1.165, 1.54) is 0 Å². The van der Waals surface area contributed by atoms with Gasteiger partial charge in [-0.25, -0.2) is 9.97 Å². The van der Waals surface area contributed by atoms with Gasteiger partial charge in [0.2, 0.25) is 5.95 Å². The van der Waals surface area contributed by atoms with Crippen LogP contribution >= 0.6 is 0 Å². The Kier molecular flexibility index (Phi) is 4.79. The van der Waals surface area contributed by atoms with Gasteiger partial charge in [-0.2, -0.15) is 0 Å². The molecule has 2 saturated heterocycles. The second kappa shape index (κ2) is 7.37. The van der Waals surface area contributed by atoms with Crippen LogP contribution in [0, 0.1) is 0 Å². The summed E-state index contributed by atoms with van der Waals surface area (Å²) in [7, 11) is 1.81. The van der Waals surface area contributed by atoms with Crippen LogP contribution in [0.2, 0.25) is 0 Å². The minimum atomic E-state index is -0.374. The first-order valence-corrected chi connectivity index (χ1v) is 9.06. The molecule has 26 heavy (non-hydrogen) atoms. The third-order valence-electron chi connectivity index (χ3n) is 5.13. The number of anilines is 1. The number of hydrogen-bond acceptors (Lipinski definition) is 6. The van der Waals surface area contributed by atoms with Crippen molar-refractivity contribution in [2.75, 3.05) is 18.5 Å². The lowest BCUT2D eigenvalue weighted by atomic mass is 9.98. The SMILES string of the molecule is CN(Cc1ccccn1)C(=O)[C@@H]1CC[C@@H]2[C@@H](CCN2c2ncccn2)O1. The Hall–Kier alpha value is -2.54. The highest BCUT2D eigenvalue weighted by Crippen LogP contribution is 2.33. The number of carbonyl (C=O) groups is 1. The van der Waals surface area contributed by atoms with E-state index in [4.69, 9.17) is 4.74 Å². The third-order valence-corrected chi connectivity index (χ3v) is 5.13. The van der Waals surface area contributed by atoms with Crippen LogP contribution in [0.15, 0.2) is 42.9 Å². The maximum Gasteiger partial charge on any atom is 0.251 e. The van der Waals surface area contributed by atoms with E-state index in [1.54, 1.807) is 23.5 Å². The fraction of sp³-hybridized carbons (Fsp3) is 0.474. The highest BCUT2D eigenvalue weighted by Gasteiger charge is 2.43. The normalized spacial score (nSPS) is 25.0. The molecule has 0 spiro atoms. The number of hydrogen-bond donors (Lipinski definition) is 0. The van der Waals surface area contributed by atoms with Gasteiger partial charge in [0.05, 0.1) is 24.4 Å². The largest absolute Gasteiger partial charge is 0.363 e. The first-order valence-electron chi connectivity index (χ1n) is 9.06. The summed E-state index contributed by atoms with van der Waals surface area (Å²) >= 11 is 0. The number of nitrogens with zero attached hydrogens (tertiary/aromatic N) is 5. The minimum absolute atomic E-state index is 0.0310. The second-order valence-corrected chi connectivity index (χ2v) is 6.85. The van der Waals surface area contributed by atoms with E-state index >= 15 is 0 Å². The van der Waals surface area contributed by atoms with Crippen molar-refractivity contribution in [1.82, 2.24) is 19.9 Å². The van der Waals surface area contributed by atoms with Crippen LogP contribution in [0.3, 0.4) is 0 Å². The van der Waals surface area contributed by atoms with Gasteiger partial charge in [-0.1, -0.05) is 6.07 Å². The van der Waals surface area contributed by atoms with Gasteiger partial charge in [0, 0.05) is 32.2 Å². The number of likely N-dealkylation sites (N-methyl/N-ethyl adjacent to an activating group) is 1. The Morgan fingerprint density at radius 1 is 1.15 bits per heavy atom. The van der Waals surface area contributed by atoms with E-state index in [9.17, 15) is 4.79 Å². The van der Waals surface area contributed by atoms with Crippen LogP contribution in [-0.4, -0.2) is 57.6 Å². The van der Waals surface area contributed by atoms with Crippen LogP contribution < -0.4 is 4.90 Å². The first kappa shape index (κ1) is 16.9. The Labute approximate surface area is 153 Å². The summed E-state index contributed by atoms with van der Waals surface area (Å²) < 4.78 is 6.17. The van der Waals surface area contributed by atoms with E-state index in [2.05, 4.69) is 19.9 Å². The standard InChI is InChI=1S/C19H23N5O2/c1-23(13-14-5-2-3-9-20-14)18(25)17-7-6-15-16(26-17)8-12-24(15)19-21-10-4-11-22-19/h2-5,9-11,15-17H,6-8,12-13H2,1H3/t15-,16-,17+/m1/s1. The van der Waals surface area contributed by atoms with E-state index in [0.717, 1.165) is 37.4 Å². The number of rotatable bonds is 4. The number of carbonyl (C=O) groups excluding carboxylic acids is 1. The third kappa shape index (κ3) is 3.39. The molecule has 4 heterocycles. The zero-order chi connectivity index (χ0) is 17.9. The van der Waals surface area contributed by atoms with Gasteiger partial charge in [-0.15, -0.1) is 0 Å². The van der Waals surface area contributed by atoms with Crippen LogP contribution in [0.1, 0.15) is 25.0 Å². The van der Waals surface area contributed by atoms with E-state index in [-0.39, 0.29) is 24.2 Å². The van der Waals surface area contributed by atoms with Crippen molar-refractivity contribution in [3.8, 4) is 0 Å². The molecule has 2 fully saturated rings. The zero-order valence-corrected chi connectivity index (χ0v) is 14.9. The van der Waals surface area contributed by atoms with E-state index in [1.807, 2.05) is 31.3 Å². The molecule has 0 N–H and O–H groups in total. The molecule has 0 saturated carbocycles. The summed E-state index contributed by atoms with van der Waals surface area (Å²) in [5, 5.41) is 0. The molecule has 0 radical (unpaired) electrons. The molecule has 4 rings (SSSR count). The molecule has 136 valence electrons. The van der Waals surface area contributed by atoms with Gasteiger partial charge in [0.25, 0.3) is 5.91 Å². The Morgan fingerprint density at radius 2 is 1.96 bits per heavy atom. The Balaban J connectivity index is 1.37. The maximum atomic E-state index is 12.8. The van der Waals surface area contributed by atoms with Crippen LogP contribution in [0.4, 0.5) is 5.95 Å². The van der Waals surface area contributed by atoms with Crippen LogP contribution in [-0.2, 0) is 16.1 Å². The van der Waals surface area contributed by atoms with Gasteiger partial charge in [0.1, 0.15) is 6.10 Å². The average Bonchev–Trinajstić information content (AvgIpc) is 3.12. The lowest BCUT2D eigenvalue weighted by Crippen LogP contribution is -2.48.